The van der Waals surface area contributed by atoms with Crippen molar-refractivity contribution in [2.45, 2.75) is 25.8 Å². The number of nitrogens with one attached hydrogen (secondary N) is 2. The number of para-hydroxylation sites is 1. The van der Waals surface area contributed by atoms with Gasteiger partial charge in [0.1, 0.15) is 5.82 Å². The molecule has 0 aliphatic carbocycles. The minimum atomic E-state index is -0.972. The Morgan fingerprint density at radius 2 is 1.71 bits per heavy atom. The van der Waals surface area contributed by atoms with Crippen molar-refractivity contribution in [3.05, 3.63) is 92.1 Å². The van der Waals surface area contributed by atoms with Crippen LogP contribution in [0.5, 0.6) is 0 Å². The fraction of sp³-hybridized carbons (Fsp3) is 0.217. The third-order valence-corrected chi connectivity index (χ3v) is 5.48. The van der Waals surface area contributed by atoms with E-state index in [1.54, 1.807) is 12.1 Å². The van der Waals surface area contributed by atoms with E-state index in [0.717, 1.165) is 15.7 Å². The molecule has 2 N–H and O–H groups in total. The van der Waals surface area contributed by atoms with E-state index in [9.17, 15) is 19.2 Å². The fourth-order valence-corrected chi connectivity index (χ4v) is 3.78. The number of rotatable bonds is 5. The molecule has 8 heteroatoms. The number of aryl methyl sites for hydroxylation is 1. The third-order valence-electron chi connectivity index (χ3n) is 5.48. The molecular formula is C23H22N4O4. The first-order valence-electron chi connectivity index (χ1n) is 9.91. The summed E-state index contributed by atoms with van der Waals surface area (Å²) in [6.07, 6.45) is -0.202. The predicted octanol–water partition coefficient (Wildman–Crippen LogP) is 1.97. The number of amides is 2. The van der Waals surface area contributed by atoms with Gasteiger partial charge in [0.25, 0.3) is 5.56 Å². The molecule has 1 unspecified atom stereocenters. The van der Waals surface area contributed by atoms with Crippen molar-refractivity contribution < 1.29 is 9.59 Å². The molecule has 0 radical (unpaired) electrons. The second-order valence-corrected chi connectivity index (χ2v) is 7.59. The molecule has 8 nitrogen and oxygen atoms in total. The third kappa shape index (κ3) is 3.79. The van der Waals surface area contributed by atoms with Gasteiger partial charge in [0.05, 0.1) is 18.0 Å². The molecule has 31 heavy (non-hydrogen) atoms. The Hall–Kier alpha value is -3.94. The second kappa shape index (κ2) is 8.06. The smallest absolute Gasteiger partial charge is 0.326 e. The van der Waals surface area contributed by atoms with Crippen LogP contribution >= 0.6 is 0 Å². The Morgan fingerprint density at radius 3 is 2.42 bits per heavy atom. The Balaban J connectivity index is 1.69. The second-order valence-electron chi connectivity index (χ2n) is 7.59. The standard InChI is InChI=1S/C23H22N4O4/c1-14-8-6-7-11-17(14)24-18(28)12-16-19-20(25-21(16)29)27(23(31)26(2)22(19)30)13-15-9-4-3-5-10-15/h3-11,16H,12-13H2,1-2H3,(H,24,28)(H,25,29). The van der Waals surface area contributed by atoms with Crippen molar-refractivity contribution in [1.29, 1.82) is 0 Å². The summed E-state index contributed by atoms with van der Waals surface area (Å²) in [6.45, 7) is 2.06. The zero-order valence-corrected chi connectivity index (χ0v) is 17.2. The van der Waals surface area contributed by atoms with Crippen molar-refractivity contribution in [3.63, 3.8) is 0 Å². The number of aromatic nitrogens is 2. The van der Waals surface area contributed by atoms with Gasteiger partial charge in [-0.15, -0.1) is 0 Å². The van der Waals surface area contributed by atoms with Crippen LogP contribution < -0.4 is 21.9 Å². The number of benzene rings is 2. The van der Waals surface area contributed by atoms with E-state index in [-0.39, 0.29) is 30.3 Å². The van der Waals surface area contributed by atoms with Crippen molar-refractivity contribution >= 4 is 23.3 Å². The number of fused-ring (bicyclic) bond motifs is 1. The monoisotopic (exact) mass is 418 g/mol. The molecule has 2 amide bonds. The van der Waals surface area contributed by atoms with Crippen LogP contribution in [0.4, 0.5) is 11.5 Å². The summed E-state index contributed by atoms with van der Waals surface area (Å²) in [7, 11) is 1.37. The van der Waals surface area contributed by atoms with Crippen LogP contribution in [0.3, 0.4) is 0 Å². The van der Waals surface area contributed by atoms with Gasteiger partial charge in [-0.3, -0.25) is 23.5 Å². The lowest BCUT2D eigenvalue weighted by Crippen LogP contribution is -2.40. The van der Waals surface area contributed by atoms with Crippen molar-refractivity contribution in [1.82, 2.24) is 9.13 Å². The van der Waals surface area contributed by atoms with E-state index in [2.05, 4.69) is 10.6 Å². The number of hydrogen-bond acceptors (Lipinski definition) is 4. The maximum atomic E-state index is 12.9. The molecule has 2 heterocycles. The quantitative estimate of drug-likeness (QED) is 0.661. The number of anilines is 2. The summed E-state index contributed by atoms with van der Waals surface area (Å²) in [5.74, 6) is -1.67. The van der Waals surface area contributed by atoms with E-state index in [1.807, 2.05) is 49.4 Å². The highest BCUT2D eigenvalue weighted by Gasteiger charge is 2.38. The number of nitrogens with zero attached hydrogens (tertiary/aromatic N) is 2. The molecule has 0 spiro atoms. The molecule has 2 aromatic carbocycles. The average Bonchev–Trinajstić information content (AvgIpc) is 3.08. The van der Waals surface area contributed by atoms with Crippen molar-refractivity contribution in [2.75, 3.05) is 10.6 Å². The van der Waals surface area contributed by atoms with Gasteiger partial charge in [-0.05, 0) is 24.1 Å². The topological polar surface area (TPSA) is 102 Å². The Labute approximate surface area is 178 Å². The van der Waals surface area contributed by atoms with E-state index in [0.29, 0.717) is 5.69 Å². The SMILES string of the molecule is Cc1ccccc1NC(=O)CC1C(=O)Nc2c1c(=O)n(C)c(=O)n2Cc1ccccc1. The van der Waals surface area contributed by atoms with Crippen LogP contribution in [0.15, 0.2) is 64.2 Å². The number of hydrogen-bond donors (Lipinski definition) is 2. The van der Waals surface area contributed by atoms with Gasteiger partial charge in [-0.2, -0.15) is 0 Å². The molecule has 1 aliphatic heterocycles. The first-order chi connectivity index (χ1) is 14.9. The highest BCUT2D eigenvalue weighted by molar-refractivity contribution is 6.05. The zero-order chi connectivity index (χ0) is 22.1. The first-order valence-corrected chi connectivity index (χ1v) is 9.91. The highest BCUT2D eigenvalue weighted by Crippen LogP contribution is 2.32. The molecule has 0 bridgehead atoms. The molecular weight excluding hydrogens is 396 g/mol. The van der Waals surface area contributed by atoms with Crippen molar-refractivity contribution in [2.24, 2.45) is 7.05 Å². The van der Waals surface area contributed by atoms with Gasteiger partial charge >= 0.3 is 5.69 Å². The van der Waals surface area contributed by atoms with Crippen LogP contribution in [0, 0.1) is 6.92 Å². The maximum Gasteiger partial charge on any atom is 0.332 e. The Kier molecular flexibility index (Phi) is 5.29. The van der Waals surface area contributed by atoms with Gasteiger partial charge in [0.2, 0.25) is 11.8 Å². The normalized spacial score (nSPS) is 14.8. The van der Waals surface area contributed by atoms with Crippen LogP contribution in [0.2, 0.25) is 0 Å². The predicted molar refractivity (Wildman–Crippen MR) is 117 cm³/mol. The van der Waals surface area contributed by atoms with Crippen LogP contribution in [0.25, 0.3) is 0 Å². The Bertz CT molecular complexity index is 1290. The van der Waals surface area contributed by atoms with Gasteiger partial charge in [0, 0.05) is 19.2 Å². The zero-order valence-electron chi connectivity index (χ0n) is 17.2. The van der Waals surface area contributed by atoms with Gasteiger partial charge in [0.15, 0.2) is 0 Å². The van der Waals surface area contributed by atoms with Gasteiger partial charge in [-0.25, -0.2) is 4.79 Å². The lowest BCUT2D eigenvalue weighted by Gasteiger charge is -2.14. The summed E-state index contributed by atoms with van der Waals surface area (Å²) in [6, 6.07) is 16.6. The molecule has 1 aromatic heterocycles. The number of carbonyl (C=O) groups excluding carboxylic acids is 2. The minimum Gasteiger partial charge on any atom is -0.326 e. The molecule has 0 saturated carbocycles. The molecule has 4 rings (SSSR count). The van der Waals surface area contributed by atoms with Crippen LogP contribution in [0.1, 0.15) is 29.0 Å². The molecule has 1 atom stereocenters. The Morgan fingerprint density at radius 1 is 1.03 bits per heavy atom. The largest absolute Gasteiger partial charge is 0.332 e. The lowest BCUT2D eigenvalue weighted by molar-refractivity contribution is -0.122. The first kappa shape index (κ1) is 20.3. The van der Waals surface area contributed by atoms with Crippen LogP contribution in [-0.4, -0.2) is 20.9 Å². The van der Waals surface area contributed by atoms with E-state index < -0.39 is 23.1 Å². The molecule has 3 aromatic rings. The maximum absolute atomic E-state index is 12.9. The number of carbonyl (C=O) groups is 2. The van der Waals surface area contributed by atoms with Gasteiger partial charge < -0.3 is 10.6 Å². The van der Waals surface area contributed by atoms with E-state index in [1.165, 1.54) is 11.6 Å². The summed E-state index contributed by atoms with van der Waals surface area (Å²) in [5.41, 5.74) is 1.42. The highest BCUT2D eigenvalue weighted by atomic mass is 16.2. The summed E-state index contributed by atoms with van der Waals surface area (Å²) in [4.78, 5) is 51.0. The minimum absolute atomic E-state index is 0.142. The van der Waals surface area contributed by atoms with Crippen molar-refractivity contribution in [3.8, 4) is 0 Å². The summed E-state index contributed by atoms with van der Waals surface area (Å²) < 4.78 is 2.34. The van der Waals surface area contributed by atoms with E-state index >= 15 is 0 Å². The fourth-order valence-electron chi connectivity index (χ4n) is 3.78. The summed E-state index contributed by atoms with van der Waals surface area (Å²) in [5, 5.41) is 5.45. The van der Waals surface area contributed by atoms with E-state index in [4.69, 9.17) is 0 Å². The average molecular weight is 418 g/mol. The van der Waals surface area contributed by atoms with Crippen LogP contribution in [-0.2, 0) is 23.2 Å². The molecule has 0 fully saturated rings. The van der Waals surface area contributed by atoms with Gasteiger partial charge in [-0.1, -0.05) is 48.5 Å². The molecule has 158 valence electrons. The molecule has 0 saturated heterocycles. The molecule has 1 aliphatic rings. The summed E-state index contributed by atoms with van der Waals surface area (Å²) >= 11 is 0. The lowest BCUT2D eigenvalue weighted by atomic mass is 9.98.